The van der Waals surface area contributed by atoms with Gasteiger partial charge in [-0.05, 0) is 48.4 Å². The molecule has 1 fully saturated rings. The fraction of sp³-hybridized carbons (Fsp3) is 0.381. The topological polar surface area (TPSA) is 51.2 Å². The lowest BCUT2D eigenvalue weighted by Gasteiger charge is -2.34. The highest BCUT2D eigenvalue weighted by atomic mass is 35.5. The lowest BCUT2D eigenvalue weighted by Crippen LogP contribution is -2.49. The maximum absolute atomic E-state index is 12.4. The van der Waals surface area contributed by atoms with E-state index in [1.54, 1.807) is 12.1 Å². The smallest absolute Gasteiger partial charge is 0.260 e. The molecule has 2 heterocycles. The summed E-state index contributed by atoms with van der Waals surface area (Å²) in [7, 11) is 0. The van der Waals surface area contributed by atoms with Gasteiger partial charge in [0, 0.05) is 37.7 Å². The quantitative estimate of drug-likeness (QED) is 0.769. The fourth-order valence-electron chi connectivity index (χ4n) is 3.40. The van der Waals surface area contributed by atoms with Crippen LogP contribution in [0.25, 0.3) is 0 Å². The highest BCUT2D eigenvalue weighted by Gasteiger charge is 2.22. The summed E-state index contributed by atoms with van der Waals surface area (Å²) in [6.45, 7) is 6.15. The zero-order valence-electron chi connectivity index (χ0n) is 15.8. The molecular formula is C21H23ClN2O4. The molecule has 2 aliphatic heterocycles. The fourth-order valence-corrected chi connectivity index (χ4v) is 3.51. The number of benzene rings is 2. The van der Waals surface area contributed by atoms with Crippen LogP contribution in [0, 0.1) is 6.92 Å². The van der Waals surface area contributed by atoms with Crippen LogP contribution in [0.5, 0.6) is 17.2 Å². The largest absolute Gasteiger partial charge is 0.484 e. The first-order valence-corrected chi connectivity index (χ1v) is 9.74. The van der Waals surface area contributed by atoms with Crippen molar-refractivity contribution in [2.75, 3.05) is 39.6 Å². The van der Waals surface area contributed by atoms with Gasteiger partial charge in [-0.3, -0.25) is 9.69 Å². The molecule has 0 aliphatic carbocycles. The molecule has 6 nitrogen and oxygen atoms in total. The number of amides is 1. The van der Waals surface area contributed by atoms with Crippen LogP contribution in [-0.4, -0.2) is 55.3 Å². The number of aryl methyl sites for hydroxylation is 1. The van der Waals surface area contributed by atoms with Gasteiger partial charge >= 0.3 is 0 Å². The van der Waals surface area contributed by atoms with E-state index in [0.717, 1.165) is 36.7 Å². The van der Waals surface area contributed by atoms with Crippen LogP contribution in [0.2, 0.25) is 5.02 Å². The molecule has 4 rings (SSSR count). The molecular weight excluding hydrogens is 380 g/mol. The van der Waals surface area contributed by atoms with Gasteiger partial charge in [0.1, 0.15) is 5.75 Å². The molecule has 0 radical (unpaired) electrons. The molecule has 148 valence electrons. The first-order chi connectivity index (χ1) is 13.6. The zero-order valence-corrected chi connectivity index (χ0v) is 16.6. The van der Waals surface area contributed by atoms with Crippen LogP contribution in [-0.2, 0) is 11.3 Å². The van der Waals surface area contributed by atoms with Crippen LogP contribution in [0.3, 0.4) is 0 Å². The molecule has 0 saturated carbocycles. The SMILES string of the molecule is Cc1cc(OCC(=O)N2CCN(Cc3ccc4c(c3)OCO4)CC2)ccc1Cl. The van der Waals surface area contributed by atoms with Crippen molar-refractivity contribution >= 4 is 17.5 Å². The van der Waals surface area contributed by atoms with Crippen molar-refractivity contribution in [3.8, 4) is 17.2 Å². The van der Waals surface area contributed by atoms with E-state index >= 15 is 0 Å². The number of carbonyl (C=O) groups excluding carboxylic acids is 1. The standard InChI is InChI=1S/C21H23ClN2O4/c1-15-10-17(3-4-18(15)22)26-13-21(25)24-8-6-23(7-9-24)12-16-2-5-19-20(11-16)28-14-27-19/h2-5,10-11H,6-9,12-14H2,1H3. The number of rotatable bonds is 5. The Kier molecular flexibility index (Phi) is 5.59. The molecule has 1 saturated heterocycles. The van der Waals surface area contributed by atoms with E-state index in [1.807, 2.05) is 30.0 Å². The lowest BCUT2D eigenvalue weighted by molar-refractivity contribution is -0.135. The van der Waals surface area contributed by atoms with Crippen LogP contribution < -0.4 is 14.2 Å². The van der Waals surface area contributed by atoms with Crippen molar-refractivity contribution < 1.29 is 19.0 Å². The van der Waals surface area contributed by atoms with Crippen molar-refractivity contribution in [3.05, 3.63) is 52.5 Å². The minimum absolute atomic E-state index is 0.00957. The maximum Gasteiger partial charge on any atom is 0.260 e. The van der Waals surface area contributed by atoms with Crippen LogP contribution in [0.1, 0.15) is 11.1 Å². The Morgan fingerprint density at radius 1 is 1.07 bits per heavy atom. The second-order valence-electron chi connectivity index (χ2n) is 7.04. The van der Waals surface area contributed by atoms with Gasteiger partial charge in [-0.15, -0.1) is 0 Å². The van der Waals surface area contributed by atoms with Gasteiger partial charge in [0.2, 0.25) is 6.79 Å². The summed E-state index contributed by atoms with van der Waals surface area (Å²) in [6.07, 6.45) is 0. The van der Waals surface area contributed by atoms with Crippen molar-refractivity contribution in [2.45, 2.75) is 13.5 Å². The molecule has 0 unspecified atom stereocenters. The summed E-state index contributed by atoms with van der Waals surface area (Å²) in [5.41, 5.74) is 2.12. The van der Waals surface area contributed by atoms with Gasteiger partial charge < -0.3 is 19.1 Å². The van der Waals surface area contributed by atoms with E-state index in [0.29, 0.717) is 23.9 Å². The summed E-state index contributed by atoms with van der Waals surface area (Å²) in [5, 5.41) is 0.692. The molecule has 0 atom stereocenters. The number of nitrogens with zero attached hydrogens (tertiary/aromatic N) is 2. The average Bonchev–Trinajstić information content (AvgIpc) is 3.17. The third-order valence-corrected chi connectivity index (χ3v) is 5.48. The molecule has 0 aromatic heterocycles. The van der Waals surface area contributed by atoms with Crippen molar-refractivity contribution in [1.82, 2.24) is 9.80 Å². The minimum Gasteiger partial charge on any atom is -0.484 e. The van der Waals surface area contributed by atoms with Crippen molar-refractivity contribution in [3.63, 3.8) is 0 Å². The molecule has 2 aliphatic rings. The van der Waals surface area contributed by atoms with Crippen LogP contribution in [0.15, 0.2) is 36.4 Å². The van der Waals surface area contributed by atoms with Crippen molar-refractivity contribution in [1.29, 1.82) is 0 Å². The zero-order chi connectivity index (χ0) is 19.5. The predicted octanol–water partition coefficient (Wildman–Crippen LogP) is 3.10. The highest BCUT2D eigenvalue weighted by Crippen LogP contribution is 2.32. The molecule has 0 N–H and O–H groups in total. The van der Waals surface area contributed by atoms with Crippen LogP contribution in [0.4, 0.5) is 0 Å². The molecule has 28 heavy (non-hydrogen) atoms. The minimum atomic E-state index is 0.00957. The molecule has 2 aromatic rings. The number of carbonyl (C=O) groups is 1. The van der Waals surface area contributed by atoms with E-state index in [2.05, 4.69) is 11.0 Å². The summed E-state index contributed by atoms with van der Waals surface area (Å²) in [4.78, 5) is 16.6. The summed E-state index contributed by atoms with van der Waals surface area (Å²) in [6, 6.07) is 11.5. The average molecular weight is 403 g/mol. The molecule has 0 spiro atoms. The number of piperazine rings is 1. The van der Waals surface area contributed by atoms with Gasteiger partial charge in [0.15, 0.2) is 18.1 Å². The van der Waals surface area contributed by atoms with Gasteiger partial charge in [-0.1, -0.05) is 17.7 Å². The Labute approximate surface area is 169 Å². The van der Waals surface area contributed by atoms with Gasteiger partial charge in [0.25, 0.3) is 5.91 Å². The Morgan fingerprint density at radius 2 is 1.86 bits per heavy atom. The normalized spacial score (nSPS) is 16.3. The number of fused-ring (bicyclic) bond motifs is 1. The molecule has 2 aromatic carbocycles. The molecule has 0 bridgehead atoms. The Balaban J connectivity index is 1.24. The number of hydrogen-bond donors (Lipinski definition) is 0. The number of ether oxygens (including phenoxy) is 3. The second kappa shape index (κ2) is 8.29. The number of halogens is 1. The van der Waals surface area contributed by atoms with E-state index in [4.69, 9.17) is 25.8 Å². The van der Waals surface area contributed by atoms with Gasteiger partial charge in [-0.2, -0.15) is 0 Å². The summed E-state index contributed by atoms with van der Waals surface area (Å²) < 4.78 is 16.4. The third kappa shape index (κ3) is 4.34. The van der Waals surface area contributed by atoms with E-state index in [-0.39, 0.29) is 19.3 Å². The van der Waals surface area contributed by atoms with Crippen LogP contribution >= 0.6 is 11.6 Å². The lowest BCUT2D eigenvalue weighted by atomic mass is 10.1. The van der Waals surface area contributed by atoms with Gasteiger partial charge in [0.05, 0.1) is 0 Å². The van der Waals surface area contributed by atoms with E-state index in [1.165, 1.54) is 5.56 Å². The maximum atomic E-state index is 12.4. The van der Waals surface area contributed by atoms with E-state index < -0.39 is 0 Å². The predicted molar refractivity (Wildman–Crippen MR) is 106 cm³/mol. The Morgan fingerprint density at radius 3 is 2.64 bits per heavy atom. The van der Waals surface area contributed by atoms with E-state index in [9.17, 15) is 4.79 Å². The third-order valence-electron chi connectivity index (χ3n) is 5.06. The number of hydrogen-bond acceptors (Lipinski definition) is 5. The summed E-state index contributed by atoms with van der Waals surface area (Å²) in [5.74, 6) is 2.28. The monoisotopic (exact) mass is 402 g/mol. The first kappa shape index (κ1) is 18.9. The van der Waals surface area contributed by atoms with Gasteiger partial charge in [-0.25, -0.2) is 0 Å². The molecule has 1 amide bonds. The Hall–Kier alpha value is -2.44. The first-order valence-electron chi connectivity index (χ1n) is 9.36. The highest BCUT2D eigenvalue weighted by molar-refractivity contribution is 6.31. The summed E-state index contributed by atoms with van der Waals surface area (Å²) >= 11 is 6.02. The Bertz CT molecular complexity index is 865. The second-order valence-corrected chi connectivity index (χ2v) is 7.45. The molecule has 7 heteroatoms. The van der Waals surface area contributed by atoms with Crippen molar-refractivity contribution in [2.24, 2.45) is 0 Å².